The summed E-state index contributed by atoms with van der Waals surface area (Å²) < 4.78 is 5.47. The van der Waals surface area contributed by atoms with Crippen LogP contribution in [0.4, 0.5) is 17.5 Å². The van der Waals surface area contributed by atoms with Crippen LogP contribution in [-0.4, -0.2) is 76.8 Å². The lowest BCUT2D eigenvalue weighted by Gasteiger charge is -2.24. The SMILES string of the molecule is Cc1c(C#CCN2CC[N]CC2)cccc1Nc1nc(NC2CCOCC2)c2ncnc-2[nH]1. The van der Waals surface area contributed by atoms with Gasteiger partial charge in [0.05, 0.1) is 6.54 Å². The highest BCUT2D eigenvalue weighted by Crippen LogP contribution is 2.29. The molecule has 9 heteroatoms. The summed E-state index contributed by atoms with van der Waals surface area (Å²) in [5, 5.41) is 11.3. The standard InChI is InChI=1S/C24H29N8O/c1-17-18(5-3-11-32-12-9-25-10-13-32)4-2-6-20(17)29-24-30-22-21(26-16-27-22)23(31-24)28-19-7-14-33-15-8-19/h2,4,6,16,19H,7-15H2,1H3,(H3,26,27,28,29,30,31). The fourth-order valence-corrected chi connectivity index (χ4v) is 4.12. The van der Waals surface area contributed by atoms with Gasteiger partial charge in [0.1, 0.15) is 12.0 Å². The molecule has 4 aliphatic heterocycles. The van der Waals surface area contributed by atoms with Crippen molar-refractivity contribution in [2.75, 3.05) is 56.6 Å². The molecule has 0 amide bonds. The minimum Gasteiger partial charge on any atom is -0.381 e. The highest BCUT2D eigenvalue weighted by molar-refractivity contribution is 5.71. The molecule has 33 heavy (non-hydrogen) atoms. The Labute approximate surface area is 194 Å². The first-order valence-corrected chi connectivity index (χ1v) is 11.5. The molecule has 4 aliphatic rings. The van der Waals surface area contributed by atoms with E-state index in [1.165, 1.54) is 0 Å². The molecule has 171 valence electrons. The van der Waals surface area contributed by atoms with Crippen LogP contribution in [0.3, 0.4) is 0 Å². The monoisotopic (exact) mass is 445 g/mol. The number of nitrogens with zero attached hydrogens (tertiary/aromatic N) is 5. The van der Waals surface area contributed by atoms with E-state index in [4.69, 9.17) is 9.72 Å². The maximum atomic E-state index is 5.47. The van der Waals surface area contributed by atoms with E-state index in [9.17, 15) is 0 Å². The van der Waals surface area contributed by atoms with Crippen molar-refractivity contribution in [1.82, 2.24) is 30.2 Å². The van der Waals surface area contributed by atoms with Crippen LogP contribution in [0.25, 0.3) is 11.5 Å². The lowest BCUT2D eigenvalue weighted by Crippen LogP contribution is -2.40. The predicted octanol–water partition coefficient (Wildman–Crippen LogP) is 2.22. The first-order chi connectivity index (χ1) is 16.3. The van der Waals surface area contributed by atoms with E-state index >= 15 is 0 Å². The fraction of sp³-hybridized carbons (Fsp3) is 0.458. The van der Waals surface area contributed by atoms with E-state index in [0.29, 0.717) is 17.8 Å². The van der Waals surface area contributed by atoms with Crippen LogP contribution in [0.5, 0.6) is 0 Å². The van der Waals surface area contributed by atoms with Gasteiger partial charge in [-0.3, -0.25) is 4.90 Å². The van der Waals surface area contributed by atoms with Gasteiger partial charge >= 0.3 is 0 Å². The number of hydrogen-bond donors (Lipinski definition) is 3. The van der Waals surface area contributed by atoms with Crippen LogP contribution in [0.2, 0.25) is 0 Å². The molecule has 0 atom stereocenters. The highest BCUT2D eigenvalue weighted by Gasteiger charge is 2.21. The number of imidazole rings is 1. The Morgan fingerprint density at radius 2 is 2.03 bits per heavy atom. The summed E-state index contributed by atoms with van der Waals surface area (Å²) in [6.07, 6.45) is 3.45. The molecule has 0 bridgehead atoms. The normalized spacial score (nSPS) is 17.5. The molecule has 1 aromatic carbocycles. The average Bonchev–Trinajstić information content (AvgIpc) is 3.32. The van der Waals surface area contributed by atoms with Gasteiger partial charge in [0.25, 0.3) is 0 Å². The average molecular weight is 446 g/mol. The molecule has 0 unspecified atom stereocenters. The summed E-state index contributed by atoms with van der Waals surface area (Å²) in [5.41, 5.74) is 3.80. The summed E-state index contributed by atoms with van der Waals surface area (Å²) in [7, 11) is 0. The van der Waals surface area contributed by atoms with E-state index in [0.717, 1.165) is 87.1 Å². The minimum absolute atomic E-state index is 0.315. The molecule has 1 radical (unpaired) electrons. The van der Waals surface area contributed by atoms with Crippen LogP contribution >= 0.6 is 0 Å². The Morgan fingerprint density at radius 3 is 2.88 bits per heavy atom. The number of ether oxygens (including phenoxy) is 1. The molecular formula is C24H29N8O. The first-order valence-electron chi connectivity index (χ1n) is 11.5. The molecule has 2 saturated heterocycles. The van der Waals surface area contributed by atoms with Gasteiger partial charge in [-0.05, 0) is 37.5 Å². The molecule has 2 fully saturated rings. The zero-order chi connectivity index (χ0) is 22.5. The number of fused-ring (bicyclic) bond motifs is 1. The zero-order valence-corrected chi connectivity index (χ0v) is 18.9. The third kappa shape index (κ3) is 5.25. The Morgan fingerprint density at radius 1 is 1.18 bits per heavy atom. The molecule has 4 heterocycles. The summed E-state index contributed by atoms with van der Waals surface area (Å²) >= 11 is 0. The number of anilines is 3. The van der Waals surface area contributed by atoms with Crippen LogP contribution in [0.1, 0.15) is 24.0 Å². The molecule has 5 rings (SSSR count). The van der Waals surface area contributed by atoms with Gasteiger partial charge in [-0.2, -0.15) is 4.98 Å². The Hall–Kier alpha value is -3.19. The molecule has 3 N–H and O–H groups in total. The van der Waals surface area contributed by atoms with Gasteiger partial charge in [0.2, 0.25) is 5.95 Å². The largest absolute Gasteiger partial charge is 0.381 e. The second kappa shape index (κ2) is 10.2. The van der Waals surface area contributed by atoms with Gasteiger partial charge in [-0.15, -0.1) is 0 Å². The lowest BCUT2D eigenvalue weighted by atomic mass is 10.1. The van der Waals surface area contributed by atoms with Gasteiger partial charge in [0, 0.05) is 56.7 Å². The third-order valence-electron chi connectivity index (χ3n) is 6.11. The van der Waals surface area contributed by atoms with E-state index < -0.39 is 0 Å². The van der Waals surface area contributed by atoms with E-state index in [1.807, 2.05) is 12.1 Å². The van der Waals surface area contributed by atoms with Crippen molar-refractivity contribution in [2.45, 2.75) is 25.8 Å². The van der Waals surface area contributed by atoms with Crippen LogP contribution in [0.15, 0.2) is 24.5 Å². The van der Waals surface area contributed by atoms with Gasteiger partial charge in [-0.1, -0.05) is 17.9 Å². The molecule has 0 spiro atoms. The quantitative estimate of drug-likeness (QED) is 0.517. The second-order valence-electron chi connectivity index (χ2n) is 8.39. The van der Waals surface area contributed by atoms with Crippen LogP contribution in [-0.2, 0) is 4.74 Å². The molecule has 9 nitrogen and oxygen atoms in total. The topological polar surface area (TPSA) is 105 Å². The third-order valence-corrected chi connectivity index (χ3v) is 6.11. The minimum atomic E-state index is 0.315. The van der Waals surface area contributed by atoms with Crippen molar-refractivity contribution in [3.8, 4) is 23.4 Å². The van der Waals surface area contributed by atoms with E-state index in [1.54, 1.807) is 6.33 Å². The zero-order valence-electron chi connectivity index (χ0n) is 18.9. The Bertz CT molecular complexity index is 1110. The second-order valence-corrected chi connectivity index (χ2v) is 8.39. The van der Waals surface area contributed by atoms with Crippen molar-refractivity contribution in [1.29, 1.82) is 0 Å². The van der Waals surface area contributed by atoms with Crippen LogP contribution < -0.4 is 16.0 Å². The van der Waals surface area contributed by atoms with E-state index in [2.05, 4.69) is 60.6 Å². The molecule has 0 aromatic heterocycles. The molecule has 1 aromatic rings. The van der Waals surface area contributed by atoms with Gasteiger partial charge in [0.15, 0.2) is 11.6 Å². The maximum Gasteiger partial charge on any atom is 0.208 e. The molecule has 0 saturated carbocycles. The lowest BCUT2D eigenvalue weighted by molar-refractivity contribution is 0.0904. The van der Waals surface area contributed by atoms with Crippen molar-refractivity contribution in [2.24, 2.45) is 0 Å². The summed E-state index contributed by atoms with van der Waals surface area (Å²) in [5.74, 6) is 8.71. The van der Waals surface area contributed by atoms with Crippen molar-refractivity contribution >= 4 is 17.5 Å². The molecule has 0 aliphatic carbocycles. The summed E-state index contributed by atoms with van der Waals surface area (Å²) in [6, 6.07) is 6.42. The van der Waals surface area contributed by atoms with Crippen LogP contribution in [0, 0.1) is 18.8 Å². The molecular weight excluding hydrogens is 416 g/mol. The summed E-state index contributed by atoms with van der Waals surface area (Å²) in [4.78, 5) is 19.1. The predicted molar refractivity (Wildman–Crippen MR) is 128 cm³/mol. The number of piperazine rings is 1. The van der Waals surface area contributed by atoms with Gasteiger partial charge < -0.3 is 20.4 Å². The number of hydrogen-bond acceptors (Lipinski definition) is 7. The maximum absolute atomic E-state index is 5.47. The van der Waals surface area contributed by atoms with Gasteiger partial charge in [-0.25, -0.2) is 15.3 Å². The first kappa shape index (κ1) is 21.6. The Balaban J connectivity index is 1.34. The fourth-order valence-electron chi connectivity index (χ4n) is 4.12. The van der Waals surface area contributed by atoms with Crippen molar-refractivity contribution in [3.05, 3.63) is 35.7 Å². The van der Waals surface area contributed by atoms with Crippen molar-refractivity contribution < 1.29 is 4.74 Å². The van der Waals surface area contributed by atoms with E-state index in [-0.39, 0.29) is 0 Å². The number of benzene rings is 1. The number of aromatic nitrogens is 4. The Kier molecular flexibility index (Phi) is 6.67. The number of aromatic amines is 1. The smallest absolute Gasteiger partial charge is 0.208 e. The number of nitrogens with one attached hydrogen (secondary N) is 3. The number of H-pyrrole nitrogens is 1. The van der Waals surface area contributed by atoms with Crippen molar-refractivity contribution in [3.63, 3.8) is 0 Å². The summed E-state index contributed by atoms with van der Waals surface area (Å²) in [6.45, 7) is 8.18. The highest BCUT2D eigenvalue weighted by atomic mass is 16.5. The number of rotatable bonds is 5.